The Kier molecular flexibility index (Phi) is 4.94. The fourth-order valence-corrected chi connectivity index (χ4v) is 3.92. The van der Waals surface area contributed by atoms with E-state index in [1.807, 2.05) is 36.7 Å². The Balaban J connectivity index is 1.26. The summed E-state index contributed by atoms with van der Waals surface area (Å²) in [5, 5.41) is 6.13. The number of anilines is 1. The summed E-state index contributed by atoms with van der Waals surface area (Å²) >= 11 is 1.66. The summed E-state index contributed by atoms with van der Waals surface area (Å²) in [6.07, 6.45) is 1.83. The normalized spacial score (nSPS) is 18.0. The molecule has 1 aromatic heterocycles. The summed E-state index contributed by atoms with van der Waals surface area (Å²) in [6.45, 7) is 6.19. The Morgan fingerprint density at radius 1 is 1.27 bits per heavy atom. The largest absolute Gasteiger partial charge is 0.454 e. The van der Waals surface area contributed by atoms with E-state index in [-0.39, 0.29) is 18.7 Å². The molecule has 1 fully saturated rings. The first-order chi connectivity index (χ1) is 12.7. The first-order valence-electron chi connectivity index (χ1n) is 8.75. The monoisotopic (exact) mass is 374 g/mol. The van der Waals surface area contributed by atoms with Crippen molar-refractivity contribution < 1.29 is 14.3 Å². The predicted molar refractivity (Wildman–Crippen MR) is 99.9 cm³/mol. The number of ether oxygens (including phenoxy) is 2. The molecule has 2 aliphatic heterocycles. The lowest BCUT2D eigenvalue weighted by Crippen LogP contribution is -2.49. The van der Waals surface area contributed by atoms with E-state index in [0.29, 0.717) is 6.54 Å². The molecular weight excluding hydrogens is 352 g/mol. The molecule has 0 unspecified atom stereocenters. The third-order valence-electron chi connectivity index (χ3n) is 4.70. The number of aromatic nitrogens is 1. The van der Waals surface area contributed by atoms with Gasteiger partial charge in [0.1, 0.15) is 0 Å². The van der Waals surface area contributed by atoms with Crippen LogP contribution >= 0.6 is 11.3 Å². The molecule has 1 atom stereocenters. The quantitative estimate of drug-likeness (QED) is 0.862. The molecule has 0 saturated carbocycles. The van der Waals surface area contributed by atoms with Crippen molar-refractivity contribution in [3.63, 3.8) is 0 Å². The topological polar surface area (TPSA) is 66.9 Å². The minimum Gasteiger partial charge on any atom is -0.454 e. The van der Waals surface area contributed by atoms with Crippen LogP contribution in [0.3, 0.4) is 0 Å². The highest BCUT2D eigenvalue weighted by Crippen LogP contribution is 2.34. The summed E-state index contributed by atoms with van der Waals surface area (Å²) in [6, 6.07) is 5.71. The Morgan fingerprint density at radius 2 is 2.08 bits per heavy atom. The van der Waals surface area contributed by atoms with Crippen LogP contribution < -0.4 is 19.7 Å². The fraction of sp³-hybridized carbons (Fsp3) is 0.444. The summed E-state index contributed by atoms with van der Waals surface area (Å²) in [5.41, 5.74) is 1.01. The number of thiazole rings is 1. The molecule has 2 aliphatic rings. The lowest BCUT2D eigenvalue weighted by Gasteiger charge is -2.34. The number of piperazine rings is 1. The number of carbonyl (C=O) groups excluding carboxylic acids is 1. The number of nitrogens with one attached hydrogen (secondary N) is 1. The average molecular weight is 374 g/mol. The van der Waals surface area contributed by atoms with Gasteiger partial charge in [0.2, 0.25) is 12.7 Å². The zero-order valence-corrected chi connectivity index (χ0v) is 15.5. The van der Waals surface area contributed by atoms with Gasteiger partial charge >= 0.3 is 0 Å². The lowest BCUT2D eigenvalue weighted by molar-refractivity contribution is -0.123. The maximum absolute atomic E-state index is 12.4. The zero-order valence-electron chi connectivity index (χ0n) is 14.7. The molecule has 4 rings (SSSR count). The van der Waals surface area contributed by atoms with Gasteiger partial charge in [0.25, 0.3) is 0 Å². The summed E-state index contributed by atoms with van der Waals surface area (Å²) < 4.78 is 10.7. The maximum atomic E-state index is 12.4. The molecule has 1 amide bonds. The number of rotatable bonds is 5. The van der Waals surface area contributed by atoms with Crippen LogP contribution in [0.15, 0.2) is 29.8 Å². The van der Waals surface area contributed by atoms with Gasteiger partial charge in [0.05, 0.1) is 12.6 Å². The molecule has 0 aliphatic carbocycles. The van der Waals surface area contributed by atoms with Crippen LogP contribution in [0.4, 0.5) is 5.13 Å². The van der Waals surface area contributed by atoms with Crippen molar-refractivity contribution in [3.05, 3.63) is 35.3 Å². The van der Waals surface area contributed by atoms with E-state index in [4.69, 9.17) is 9.47 Å². The second-order valence-corrected chi connectivity index (χ2v) is 7.35. The number of hydrogen-bond donors (Lipinski definition) is 1. The number of amides is 1. The van der Waals surface area contributed by atoms with Gasteiger partial charge in [0.15, 0.2) is 16.6 Å². The predicted octanol–water partition coefficient (Wildman–Crippen LogP) is 1.87. The van der Waals surface area contributed by atoms with Crippen molar-refractivity contribution in [1.82, 2.24) is 15.2 Å². The van der Waals surface area contributed by atoms with E-state index in [0.717, 1.165) is 48.4 Å². The van der Waals surface area contributed by atoms with E-state index in [2.05, 4.69) is 20.1 Å². The van der Waals surface area contributed by atoms with Crippen molar-refractivity contribution >= 4 is 22.4 Å². The van der Waals surface area contributed by atoms with Crippen LogP contribution in [0.5, 0.6) is 11.5 Å². The van der Waals surface area contributed by atoms with Crippen LogP contribution in [0.25, 0.3) is 0 Å². The number of hydrogen-bond acceptors (Lipinski definition) is 7. The first-order valence-corrected chi connectivity index (χ1v) is 9.63. The van der Waals surface area contributed by atoms with E-state index >= 15 is 0 Å². The summed E-state index contributed by atoms with van der Waals surface area (Å²) in [4.78, 5) is 21.2. The number of fused-ring (bicyclic) bond motifs is 1. The molecule has 0 bridgehead atoms. The Morgan fingerprint density at radius 3 is 2.85 bits per heavy atom. The summed E-state index contributed by atoms with van der Waals surface area (Å²) in [5.74, 6) is 1.53. The highest BCUT2D eigenvalue weighted by atomic mass is 32.1. The second-order valence-electron chi connectivity index (χ2n) is 6.48. The molecule has 1 aromatic carbocycles. The zero-order chi connectivity index (χ0) is 17.9. The fourth-order valence-electron chi connectivity index (χ4n) is 3.23. The molecule has 8 heteroatoms. The van der Waals surface area contributed by atoms with Gasteiger partial charge in [-0.15, -0.1) is 11.3 Å². The van der Waals surface area contributed by atoms with E-state index < -0.39 is 0 Å². The minimum atomic E-state index is -0.0754. The molecule has 26 heavy (non-hydrogen) atoms. The summed E-state index contributed by atoms with van der Waals surface area (Å²) in [7, 11) is 0. The van der Waals surface area contributed by atoms with Gasteiger partial charge in [-0.25, -0.2) is 4.98 Å². The van der Waals surface area contributed by atoms with Crippen LogP contribution in [0, 0.1) is 0 Å². The van der Waals surface area contributed by atoms with Crippen LogP contribution in [-0.4, -0.2) is 55.3 Å². The molecule has 138 valence electrons. The van der Waals surface area contributed by atoms with E-state index in [1.165, 1.54) is 0 Å². The van der Waals surface area contributed by atoms with Gasteiger partial charge < -0.3 is 19.7 Å². The van der Waals surface area contributed by atoms with Gasteiger partial charge in [-0.3, -0.25) is 9.69 Å². The molecule has 0 spiro atoms. The van der Waals surface area contributed by atoms with Crippen LogP contribution in [0.1, 0.15) is 18.5 Å². The average Bonchev–Trinajstić information content (AvgIpc) is 3.33. The second kappa shape index (κ2) is 7.51. The van der Waals surface area contributed by atoms with Crippen LogP contribution in [-0.2, 0) is 4.79 Å². The van der Waals surface area contributed by atoms with E-state index in [9.17, 15) is 4.79 Å². The highest BCUT2D eigenvalue weighted by Gasteiger charge is 2.22. The third kappa shape index (κ3) is 3.76. The Bertz CT molecular complexity index is 760. The van der Waals surface area contributed by atoms with Crippen molar-refractivity contribution in [2.75, 3.05) is 44.4 Å². The van der Waals surface area contributed by atoms with Gasteiger partial charge in [-0.1, -0.05) is 6.07 Å². The molecular formula is C18H22N4O3S. The standard InChI is InChI=1S/C18H22N4O3S/c1-13(14-2-3-15-16(10-14)25-12-24-15)20-17(23)11-21-5-7-22(8-6-21)18-19-4-9-26-18/h2-4,9-10,13H,5-8,11-12H2,1H3,(H,20,23)/t13-/m1/s1. The number of carbonyl (C=O) groups is 1. The van der Waals surface area contributed by atoms with Crippen molar-refractivity contribution in [2.45, 2.75) is 13.0 Å². The molecule has 1 N–H and O–H groups in total. The van der Waals surface area contributed by atoms with Crippen molar-refractivity contribution in [1.29, 1.82) is 0 Å². The SMILES string of the molecule is C[C@@H](NC(=O)CN1CCN(c2nccs2)CC1)c1ccc2c(c1)OCO2. The maximum Gasteiger partial charge on any atom is 0.234 e. The Hall–Kier alpha value is -2.32. The molecule has 7 nitrogen and oxygen atoms in total. The minimum absolute atomic E-state index is 0.0397. The van der Waals surface area contributed by atoms with Crippen LogP contribution in [0.2, 0.25) is 0 Å². The van der Waals surface area contributed by atoms with E-state index in [1.54, 1.807) is 11.3 Å². The molecule has 1 saturated heterocycles. The molecule has 2 aromatic rings. The lowest BCUT2D eigenvalue weighted by atomic mass is 10.1. The molecule has 0 radical (unpaired) electrons. The van der Waals surface area contributed by atoms with Gasteiger partial charge in [0, 0.05) is 37.8 Å². The van der Waals surface area contributed by atoms with Gasteiger partial charge in [-0.05, 0) is 24.6 Å². The van der Waals surface area contributed by atoms with Crippen molar-refractivity contribution in [3.8, 4) is 11.5 Å². The number of nitrogens with zero attached hydrogens (tertiary/aromatic N) is 3. The molecule has 3 heterocycles. The van der Waals surface area contributed by atoms with Crippen molar-refractivity contribution in [2.24, 2.45) is 0 Å². The Labute approximate surface area is 156 Å². The number of benzene rings is 1. The third-order valence-corrected chi connectivity index (χ3v) is 5.54. The smallest absolute Gasteiger partial charge is 0.234 e. The van der Waals surface area contributed by atoms with Gasteiger partial charge in [-0.2, -0.15) is 0 Å². The highest BCUT2D eigenvalue weighted by molar-refractivity contribution is 7.13. The first kappa shape index (κ1) is 17.1.